The molecular formula is C20H18ClN7O2. The SMILES string of the molecule is COc1ccc(Nc2nccn(-c3ccc(CCc4nn[nH]n4)cc3)c2=O)cc1Cl. The molecule has 0 aliphatic heterocycles. The molecule has 0 saturated carbocycles. The molecule has 2 N–H and O–H groups in total. The molecule has 0 spiro atoms. The number of hydrogen-bond donors (Lipinski definition) is 2. The van der Waals surface area contributed by atoms with Crippen LogP contribution < -0.4 is 15.6 Å². The van der Waals surface area contributed by atoms with Crippen LogP contribution in [0.15, 0.2) is 59.7 Å². The third-order valence-electron chi connectivity index (χ3n) is 4.50. The van der Waals surface area contributed by atoms with Gasteiger partial charge >= 0.3 is 0 Å². The maximum absolute atomic E-state index is 12.9. The van der Waals surface area contributed by atoms with Crippen LogP contribution >= 0.6 is 11.6 Å². The highest BCUT2D eigenvalue weighted by Crippen LogP contribution is 2.28. The first-order valence-corrected chi connectivity index (χ1v) is 9.51. The quantitative estimate of drug-likeness (QED) is 0.470. The fraction of sp³-hybridized carbons (Fsp3) is 0.150. The minimum atomic E-state index is -0.274. The van der Waals surface area contributed by atoms with Crippen LogP contribution in [0.2, 0.25) is 5.02 Å². The molecule has 2 heterocycles. The van der Waals surface area contributed by atoms with E-state index in [-0.39, 0.29) is 11.4 Å². The predicted molar refractivity (Wildman–Crippen MR) is 113 cm³/mol. The Bertz CT molecular complexity index is 1190. The number of hydrogen-bond acceptors (Lipinski definition) is 7. The number of anilines is 2. The Kier molecular flexibility index (Phi) is 5.71. The Morgan fingerprint density at radius 2 is 2.00 bits per heavy atom. The van der Waals surface area contributed by atoms with Gasteiger partial charge in [-0.15, -0.1) is 10.2 Å². The van der Waals surface area contributed by atoms with Crippen molar-refractivity contribution in [2.24, 2.45) is 0 Å². The van der Waals surface area contributed by atoms with Crippen molar-refractivity contribution in [3.8, 4) is 11.4 Å². The molecule has 0 amide bonds. The monoisotopic (exact) mass is 423 g/mol. The van der Waals surface area contributed by atoms with Gasteiger partial charge in [-0.3, -0.25) is 9.36 Å². The zero-order chi connectivity index (χ0) is 20.9. The summed E-state index contributed by atoms with van der Waals surface area (Å²) in [4.78, 5) is 17.1. The zero-order valence-corrected chi connectivity index (χ0v) is 16.8. The Morgan fingerprint density at radius 1 is 1.17 bits per heavy atom. The first-order chi connectivity index (χ1) is 14.6. The highest BCUT2D eigenvalue weighted by Gasteiger charge is 2.09. The Morgan fingerprint density at radius 3 is 2.70 bits per heavy atom. The maximum Gasteiger partial charge on any atom is 0.298 e. The number of rotatable bonds is 7. The number of halogens is 1. The largest absolute Gasteiger partial charge is 0.495 e. The predicted octanol–water partition coefficient (Wildman–Crippen LogP) is 2.94. The Labute approximate surface area is 176 Å². The number of methoxy groups -OCH3 is 1. The van der Waals surface area contributed by atoms with E-state index in [2.05, 4.69) is 30.9 Å². The molecule has 152 valence electrons. The first-order valence-electron chi connectivity index (χ1n) is 9.14. The Balaban J connectivity index is 1.52. The van der Waals surface area contributed by atoms with Gasteiger partial charge in [-0.25, -0.2) is 4.98 Å². The van der Waals surface area contributed by atoms with Crippen LogP contribution in [0.25, 0.3) is 5.69 Å². The molecule has 9 nitrogen and oxygen atoms in total. The molecule has 0 aliphatic carbocycles. The molecule has 30 heavy (non-hydrogen) atoms. The van der Waals surface area contributed by atoms with Gasteiger partial charge in [-0.05, 0) is 42.3 Å². The van der Waals surface area contributed by atoms with E-state index in [9.17, 15) is 4.79 Å². The summed E-state index contributed by atoms with van der Waals surface area (Å²) >= 11 is 6.15. The second-order valence-corrected chi connectivity index (χ2v) is 6.83. The van der Waals surface area contributed by atoms with E-state index < -0.39 is 0 Å². The van der Waals surface area contributed by atoms with Gasteiger partial charge in [0.25, 0.3) is 5.56 Å². The lowest BCUT2D eigenvalue weighted by atomic mass is 10.1. The lowest BCUT2D eigenvalue weighted by Crippen LogP contribution is -2.21. The molecule has 10 heteroatoms. The summed E-state index contributed by atoms with van der Waals surface area (Å²) in [7, 11) is 1.54. The molecule has 4 rings (SSSR count). The fourth-order valence-electron chi connectivity index (χ4n) is 2.95. The smallest absolute Gasteiger partial charge is 0.298 e. The van der Waals surface area contributed by atoms with E-state index in [1.165, 1.54) is 4.57 Å². The number of aryl methyl sites for hydroxylation is 2. The standard InChI is InChI=1S/C20H18ClN7O2/c1-30-17-8-5-14(12-16(17)21)23-19-20(29)28(11-10-22-19)15-6-2-13(3-7-15)4-9-18-24-26-27-25-18/h2-3,5-8,10-12H,4,9H2,1H3,(H,22,23)(H,24,25,26,27). The summed E-state index contributed by atoms with van der Waals surface area (Å²) < 4.78 is 6.68. The summed E-state index contributed by atoms with van der Waals surface area (Å²) in [6, 6.07) is 12.9. The third kappa shape index (κ3) is 4.31. The molecule has 0 bridgehead atoms. The van der Waals surface area contributed by atoms with E-state index in [1.807, 2.05) is 24.3 Å². The minimum absolute atomic E-state index is 0.194. The van der Waals surface area contributed by atoms with Gasteiger partial charge in [-0.2, -0.15) is 5.21 Å². The number of tetrazole rings is 1. The van der Waals surface area contributed by atoms with Crippen molar-refractivity contribution >= 4 is 23.1 Å². The van der Waals surface area contributed by atoms with E-state index in [0.717, 1.165) is 17.7 Å². The summed E-state index contributed by atoms with van der Waals surface area (Å²) in [5.74, 6) is 1.42. The van der Waals surface area contributed by atoms with Crippen LogP contribution in [0.1, 0.15) is 11.4 Å². The van der Waals surface area contributed by atoms with Gasteiger partial charge in [0.2, 0.25) is 0 Å². The molecule has 0 fully saturated rings. The molecule has 0 radical (unpaired) electrons. The summed E-state index contributed by atoms with van der Waals surface area (Å²) in [5.41, 5.74) is 2.21. The Hall–Kier alpha value is -3.72. The summed E-state index contributed by atoms with van der Waals surface area (Å²) in [6.45, 7) is 0. The van der Waals surface area contributed by atoms with Crippen molar-refractivity contribution in [3.63, 3.8) is 0 Å². The van der Waals surface area contributed by atoms with Gasteiger partial charge in [0.1, 0.15) is 5.75 Å². The van der Waals surface area contributed by atoms with Crippen molar-refractivity contribution in [1.82, 2.24) is 30.2 Å². The molecule has 2 aromatic carbocycles. The minimum Gasteiger partial charge on any atom is -0.495 e. The lowest BCUT2D eigenvalue weighted by molar-refractivity contribution is 0.415. The first kappa shape index (κ1) is 19.6. The maximum atomic E-state index is 12.9. The second kappa shape index (κ2) is 8.75. The van der Waals surface area contributed by atoms with E-state index >= 15 is 0 Å². The normalized spacial score (nSPS) is 10.7. The van der Waals surface area contributed by atoms with Gasteiger partial charge < -0.3 is 10.1 Å². The molecule has 0 atom stereocenters. The molecule has 0 unspecified atom stereocenters. The van der Waals surface area contributed by atoms with Gasteiger partial charge in [-0.1, -0.05) is 28.9 Å². The molecule has 0 saturated heterocycles. The zero-order valence-electron chi connectivity index (χ0n) is 16.0. The van der Waals surface area contributed by atoms with Crippen molar-refractivity contribution < 1.29 is 4.74 Å². The number of H-pyrrole nitrogens is 1. The third-order valence-corrected chi connectivity index (χ3v) is 4.79. The number of aromatic amines is 1. The average molecular weight is 424 g/mol. The summed E-state index contributed by atoms with van der Waals surface area (Å²) in [5, 5.41) is 17.3. The lowest BCUT2D eigenvalue weighted by Gasteiger charge is -2.11. The number of aromatic nitrogens is 6. The van der Waals surface area contributed by atoms with Gasteiger partial charge in [0.05, 0.1) is 12.1 Å². The van der Waals surface area contributed by atoms with Crippen LogP contribution in [0.3, 0.4) is 0 Å². The molecule has 4 aromatic rings. The van der Waals surface area contributed by atoms with Gasteiger partial charge in [0.15, 0.2) is 11.6 Å². The highest BCUT2D eigenvalue weighted by molar-refractivity contribution is 6.32. The topological polar surface area (TPSA) is 111 Å². The number of benzene rings is 2. The molecule has 2 aromatic heterocycles. The number of ether oxygens (including phenoxy) is 1. The average Bonchev–Trinajstić information content (AvgIpc) is 3.28. The highest BCUT2D eigenvalue weighted by atomic mass is 35.5. The number of nitrogens with one attached hydrogen (secondary N) is 2. The van der Waals surface area contributed by atoms with E-state index in [1.54, 1.807) is 37.7 Å². The number of nitrogens with zero attached hydrogens (tertiary/aromatic N) is 5. The fourth-order valence-corrected chi connectivity index (χ4v) is 3.21. The summed E-state index contributed by atoms with van der Waals surface area (Å²) in [6.07, 6.45) is 4.65. The van der Waals surface area contributed by atoms with Crippen molar-refractivity contribution in [1.29, 1.82) is 0 Å². The van der Waals surface area contributed by atoms with Crippen LogP contribution in [-0.2, 0) is 12.8 Å². The van der Waals surface area contributed by atoms with Crippen LogP contribution in [-0.4, -0.2) is 37.3 Å². The van der Waals surface area contributed by atoms with E-state index in [0.29, 0.717) is 28.7 Å². The van der Waals surface area contributed by atoms with Crippen LogP contribution in [0.4, 0.5) is 11.5 Å². The van der Waals surface area contributed by atoms with Crippen LogP contribution in [0.5, 0.6) is 5.75 Å². The van der Waals surface area contributed by atoms with Crippen molar-refractivity contribution in [2.45, 2.75) is 12.8 Å². The van der Waals surface area contributed by atoms with Gasteiger partial charge in [0, 0.05) is 30.2 Å². The van der Waals surface area contributed by atoms with E-state index in [4.69, 9.17) is 16.3 Å². The second-order valence-electron chi connectivity index (χ2n) is 6.42. The van der Waals surface area contributed by atoms with Crippen LogP contribution in [0, 0.1) is 0 Å². The van der Waals surface area contributed by atoms with Crippen molar-refractivity contribution in [2.75, 3.05) is 12.4 Å². The molecular weight excluding hydrogens is 406 g/mol. The molecule has 0 aliphatic rings. The van der Waals surface area contributed by atoms with Crippen molar-refractivity contribution in [3.05, 3.63) is 81.6 Å².